The van der Waals surface area contributed by atoms with Crippen LogP contribution in [0.5, 0.6) is 0 Å². The lowest BCUT2D eigenvalue weighted by atomic mass is 10.1. The number of anilines is 1. The van der Waals surface area contributed by atoms with E-state index in [9.17, 15) is 14.9 Å². The fourth-order valence-electron chi connectivity index (χ4n) is 2.74. The number of hydrogen-bond donors (Lipinski definition) is 1. The van der Waals surface area contributed by atoms with Crippen LogP contribution in [0.2, 0.25) is 0 Å². The van der Waals surface area contributed by atoms with E-state index in [2.05, 4.69) is 5.32 Å². The molecule has 0 spiro atoms. The molecule has 0 unspecified atom stereocenters. The molecule has 22 heavy (non-hydrogen) atoms. The molecule has 0 heterocycles. The standard InChI is InChI=1S/C15H16Cl2N2O3/c1-8-6-9(19(21)22)4-5-11(8)18-14(20)13-10(7-12(16)17)15(13,2)3/h4-7,10,13H,1-3H3,(H,18,20)/t10-,13+/m0/s1. The van der Waals surface area contributed by atoms with Crippen LogP contribution in [0, 0.1) is 34.3 Å². The zero-order valence-electron chi connectivity index (χ0n) is 12.4. The second-order valence-corrected chi connectivity index (χ2v) is 7.03. The first-order valence-electron chi connectivity index (χ1n) is 6.73. The highest BCUT2D eigenvalue weighted by molar-refractivity contribution is 6.55. The number of rotatable bonds is 4. The lowest BCUT2D eigenvalue weighted by Crippen LogP contribution is -2.17. The molecule has 1 aromatic rings. The number of carbonyl (C=O) groups excluding carboxylic acids is 1. The van der Waals surface area contributed by atoms with Crippen LogP contribution in [-0.2, 0) is 4.79 Å². The number of nitro benzene ring substituents is 1. The van der Waals surface area contributed by atoms with Crippen LogP contribution >= 0.6 is 23.2 Å². The molecular formula is C15H16Cl2N2O3. The quantitative estimate of drug-likeness (QED) is 0.649. The van der Waals surface area contributed by atoms with E-state index < -0.39 is 4.92 Å². The fourth-order valence-corrected chi connectivity index (χ4v) is 3.01. The van der Waals surface area contributed by atoms with Crippen molar-refractivity contribution < 1.29 is 9.72 Å². The van der Waals surface area contributed by atoms with Crippen molar-refractivity contribution >= 4 is 40.5 Å². The van der Waals surface area contributed by atoms with Gasteiger partial charge >= 0.3 is 0 Å². The third-order valence-electron chi connectivity index (χ3n) is 4.18. The highest BCUT2D eigenvalue weighted by Gasteiger charge is 2.60. The van der Waals surface area contributed by atoms with Gasteiger partial charge in [-0.3, -0.25) is 14.9 Å². The lowest BCUT2D eigenvalue weighted by Gasteiger charge is -2.09. The summed E-state index contributed by atoms with van der Waals surface area (Å²) in [5.41, 5.74) is 0.992. The second kappa shape index (κ2) is 5.89. The predicted octanol–water partition coefficient (Wildman–Crippen LogP) is 4.43. The summed E-state index contributed by atoms with van der Waals surface area (Å²) in [6.45, 7) is 5.66. The number of allylic oxidation sites excluding steroid dienone is 1. The minimum atomic E-state index is -0.466. The number of nitrogens with zero attached hydrogens (tertiary/aromatic N) is 1. The number of benzene rings is 1. The Bertz CT molecular complexity index is 667. The first-order chi connectivity index (χ1) is 10.1. The van der Waals surface area contributed by atoms with Gasteiger partial charge in [0.1, 0.15) is 4.49 Å². The van der Waals surface area contributed by atoms with Crippen molar-refractivity contribution in [2.75, 3.05) is 5.32 Å². The van der Waals surface area contributed by atoms with Crippen LogP contribution in [0.15, 0.2) is 28.8 Å². The molecule has 1 N–H and O–H groups in total. The van der Waals surface area contributed by atoms with Crippen LogP contribution in [-0.4, -0.2) is 10.8 Å². The average Bonchev–Trinajstić information content (AvgIpc) is 2.92. The van der Waals surface area contributed by atoms with Gasteiger partial charge in [0.2, 0.25) is 5.91 Å². The summed E-state index contributed by atoms with van der Waals surface area (Å²) in [6.07, 6.45) is 1.68. The molecule has 0 aromatic heterocycles. The van der Waals surface area contributed by atoms with Crippen LogP contribution in [0.4, 0.5) is 11.4 Å². The number of carbonyl (C=O) groups is 1. The zero-order chi connectivity index (χ0) is 16.7. The molecule has 1 saturated carbocycles. The highest BCUT2D eigenvalue weighted by Crippen LogP contribution is 2.60. The molecule has 0 bridgehead atoms. The molecule has 0 radical (unpaired) electrons. The van der Waals surface area contributed by atoms with E-state index in [1.54, 1.807) is 19.1 Å². The molecular weight excluding hydrogens is 327 g/mol. The molecule has 7 heteroatoms. The van der Waals surface area contributed by atoms with E-state index in [1.165, 1.54) is 12.1 Å². The van der Waals surface area contributed by atoms with Gasteiger partial charge in [-0.05, 0) is 36.0 Å². The predicted molar refractivity (Wildman–Crippen MR) is 87.0 cm³/mol. The Morgan fingerprint density at radius 1 is 1.41 bits per heavy atom. The molecule has 1 aliphatic rings. The summed E-state index contributed by atoms with van der Waals surface area (Å²) in [7, 11) is 0. The van der Waals surface area contributed by atoms with Gasteiger partial charge in [-0.15, -0.1) is 0 Å². The molecule has 1 aromatic carbocycles. The Kier molecular flexibility index (Phi) is 4.49. The van der Waals surface area contributed by atoms with E-state index in [0.29, 0.717) is 11.3 Å². The first-order valence-corrected chi connectivity index (χ1v) is 7.49. The number of nitrogens with one attached hydrogen (secondary N) is 1. The van der Waals surface area contributed by atoms with Crippen molar-refractivity contribution in [3.63, 3.8) is 0 Å². The summed E-state index contributed by atoms with van der Waals surface area (Å²) in [5, 5.41) is 13.5. The molecule has 1 amide bonds. The monoisotopic (exact) mass is 342 g/mol. The lowest BCUT2D eigenvalue weighted by molar-refractivity contribution is -0.384. The minimum Gasteiger partial charge on any atom is -0.326 e. The summed E-state index contributed by atoms with van der Waals surface area (Å²) in [5.74, 6) is -0.386. The molecule has 0 aliphatic heterocycles. The Balaban J connectivity index is 2.14. The van der Waals surface area contributed by atoms with E-state index in [-0.39, 0.29) is 33.3 Å². The van der Waals surface area contributed by atoms with Crippen LogP contribution < -0.4 is 5.32 Å². The summed E-state index contributed by atoms with van der Waals surface area (Å²) in [6, 6.07) is 4.34. The number of hydrogen-bond acceptors (Lipinski definition) is 3. The maximum atomic E-state index is 12.4. The number of amides is 1. The smallest absolute Gasteiger partial charge is 0.269 e. The summed E-state index contributed by atoms with van der Waals surface area (Å²) in [4.78, 5) is 22.6. The largest absolute Gasteiger partial charge is 0.326 e. The summed E-state index contributed by atoms with van der Waals surface area (Å²) >= 11 is 11.3. The molecule has 2 rings (SSSR count). The third-order valence-corrected chi connectivity index (χ3v) is 4.43. The Labute approximate surface area is 138 Å². The van der Waals surface area contributed by atoms with Crippen LogP contribution in [0.25, 0.3) is 0 Å². The topological polar surface area (TPSA) is 72.2 Å². The number of nitro groups is 1. The van der Waals surface area contributed by atoms with Gasteiger partial charge < -0.3 is 5.32 Å². The van der Waals surface area contributed by atoms with Crippen molar-refractivity contribution in [2.24, 2.45) is 17.3 Å². The van der Waals surface area contributed by atoms with E-state index in [4.69, 9.17) is 23.2 Å². The van der Waals surface area contributed by atoms with Crippen molar-refractivity contribution in [1.82, 2.24) is 0 Å². The van der Waals surface area contributed by atoms with Gasteiger partial charge in [0.05, 0.1) is 10.8 Å². The van der Waals surface area contributed by atoms with Gasteiger partial charge in [0, 0.05) is 17.8 Å². The van der Waals surface area contributed by atoms with Gasteiger partial charge in [-0.25, -0.2) is 0 Å². The third kappa shape index (κ3) is 3.25. The van der Waals surface area contributed by atoms with Gasteiger partial charge in [0.15, 0.2) is 0 Å². The number of non-ortho nitro benzene ring substituents is 1. The molecule has 5 nitrogen and oxygen atoms in total. The van der Waals surface area contributed by atoms with Crippen LogP contribution in [0.3, 0.4) is 0 Å². The van der Waals surface area contributed by atoms with Gasteiger partial charge in [-0.2, -0.15) is 0 Å². The Morgan fingerprint density at radius 2 is 2.05 bits per heavy atom. The van der Waals surface area contributed by atoms with Gasteiger partial charge in [0.25, 0.3) is 5.69 Å². The van der Waals surface area contributed by atoms with E-state index in [0.717, 1.165) is 0 Å². The normalized spacial score (nSPS) is 21.9. The minimum absolute atomic E-state index is 0.00279. The van der Waals surface area contributed by atoms with Crippen molar-refractivity contribution in [1.29, 1.82) is 0 Å². The van der Waals surface area contributed by atoms with Crippen molar-refractivity contribution in [3.05, 3.63) is 44.4 Å². The summed E-state index contributed by atoms with van der Waals surface area (Å²) < 4.78 is 0.153. The Hall–Kier alpha value is -1.59. The first kappa shape index (κ1) is 16.8. The Morgan fingerprint density at radius 3 is 2.55 bits per heavy atom. The number of halogens is 2. The fraction of sp³-hybridized carbons (Fsp3) is 0.400. The molecule has 1 fully saturated rings. The molecule has 1 aliphatic carbocycles. The van der Waals surface area contributed by atoms with Crippen LogP contribution in [0.1, 0.15) is 19.4 Å². The maximum absolute atomic E-state index is 12.4. The zero-order valence-corrected chi connectivity index (χ0v) is 13.9. The second-order valence-electron chi connectivity index (χ2n) is 6.03. The van der Waals surface area contributed by atoms with Crippen molar-refractivity contribution in [3.8, 4) is 0 Å². The molecule has 118 valence electrons. The maximum Gasteiger partial charge on any atom is 0.269 e. The van der Waals surface area contributed by atoms with Gasteiger partial charge in [-0.1, -0.05) is 37.0 Å². The van der Waals surface area contributed by atoms with E-state index in [1.807, 2.05) is 13.8 Å². The molecule has 0 saturated heterocycles. The SMILES string of the molecule is Cc1cc([N+](=O)[O-])ccc1NC(=O)[C@H]1[C@H](C=C(Cl)Cl)C1(C)C. The highest BCUT2D eigenvalue weighted by atomic mass is 35.5. The average molecular weight is 343 g/mol. The van der Waals surface area contributed by atoms with E-state index >= 15 is 0 Å². The number of aryl methyl sites for hydroxylation is 1. The van der Waals surface area contributed by atoms with Crippen molar-refractivity contribution in [2.45, 2.75) is 20.8 Å². The molecule has 2 atom stereocenters.